The summed E-state index contributed by atoms with van der Waals surface area (Å²) >= 11 is 0. The minimum absolute atomic E-state index is 0.337. The number of fused-ring (bicyclic) bond motifs is 1. The highest BCUT2D eigenvalue weighted by atomic mass is 15.2. The first-order chi connectivity index (χ1) is 13.0. The Morgan fingerprint density at radius 1 is 1.22 bits per heavy atom. The van der Waals surface area contributed by atoms with Gasteiger partial charge in [0.1, 0.15) is 0 Å². The standard InChI is InChI=1S/C21H28N6/c1-21(2,3)14-27-11-9-15(13-27)18-8-7-17-19(25-26-20(17)24-18)23-12-16-6-4-5-10-22-16/h4-8,10,15H,9,11-14H2,1-3H3,(H2,23,24,25,26)/t15-/m0/s1. The van der Waals surface area contributed by atoms with Gasteiger partial charge in [-0.25, -0.2) is 4.98 Å². The van der Waals surface area contributed by atoms with Gasteiger partial charge in [-0.1, -0.05) is 26.8 Å². The molecule has 1 saturated heterocycles. The minimum atomic E-state index is 0.337. The van der Waals surface area contributed by atoms with Gasteiger partial charge in [0.25, 0.3) is 0 Å². The van der Waals surface area contributed by atoms with Gasteiger partial charge in [0.15, 0.2) is 11.5 Å². The van der Waals surface area contributed by atoms with Crippen molar-refractivity contribution < 1.29 is 0 Å². The second-order valence-corrected chi connectivity index (χ2v) is 8.66. The Labute approximate surface area is 160 Å². The third kappa shape index (κ3) is 4.27. The van der Waals surface area contributed by atoms with E-state index in [4.69, 9.17) is 4.98 Å². The summed E-state index contributed by atoms with van der Waals surface area (Å²) in [6.07, 6.45) is 2.98. The number of hydrogen-bond donors (Lipinski definition) is 2. The molecule has 142 valence electrons. The molecule has 6 nitrogen and oxygen atoms in total. The molecule has 0 aliphatic carbocycles. The van der Waals surface area contributed by atoms with Crippen LogP contribution in [0.2, 0.25) is 0 Å². The second-order valence-electron chi connectivity index (χ2n) is 8.66. The Morgan fingerprint density at radius 3 is 2.89 bits per heavy atom. The van der Waals surface area contributed by atoms with Crippen LogP contribution in [0.3, 0.4) is 0 Å². The molecular formula is C21H28N6. The molecule has 1 fully saturated rings. The summed E-state index contributed by atoms with van der Waals surface area (Å²) in [7, 11) is 0. The van der Waals surface area contributed by atoms with Crippen LogP contribution >= 0.6 is 0 Å². The molecule has 0 saturated carbocycles. The maximum absolute atomic E-state index is 4.86. The molecule has 0 spiro atoms. The molecule has 0 aromatic carbocycles. The van der Waals surface area contributed by atoms with Gasteiger partial charge < -0.3 is 10.2 Å². The number of anilines is 1. The summed E-state index contributed by atoms with van der Waals surface area (Å²) in [4.78, 5) is 11.8. The Hall–Kier alpha value is -2.47. The average molecular weight is 364 g/mol. The van der Waals surface area contributed by atoms with E-state index in [0.717, 1.165) is 42.2 Å². The Bertz CT molecular complexity index is 896. The molecule has 3 aromatic heterocycles. The molecule has 27 heavy (non-hydrogen) atoms. The van der Waals surface area contributed by atoms with E-state index < -0.39 is 0 Å². The van der Waals surface area contributed by atoms with Crippen LogP contribution in [0.15, 0.2) is 36.5 Å². The number of hydrogen-bond acceptors (Lipinski definition) is 5. The minimum Gasteiger partial charge on any atom is -0.362 e. The van der Waals surface area contributed by atoms with E-state index in [1.54, 1.807) is 6.20 Å². The highest BCUT2D eigenvalue weighted by molar-refractivity contribution is 5.87. The van der Waals surface area contributed by atoms with Gasteiger partial charge in [0.05, 0.1) is 17.6 Å². The number of aromatic nitrogens is 4. The van der Waals surface area contributed by atoms with Crippen molar-refractivity contribution in [1.82, 2.24) is 25.1 Å². The number of H-pyrrole nitrogens is 1. The topological polar surface area (TPSA) is 69.7 Å². The summed E-state index contributed by atoms with van der Waals surface area (Å²) in [5.41, 5.74) is 3.34. The molecule has 1 atom stereocenters. The van der Waals surface area contributed by atoms with Crippen molar-refractivity contribution >= 4 is 16.9 Å². The van der Waals surface area contributed by atoms with Crippen molar-refractivity contribution in [3.8, 4) is 0 Å². The molecule has 6 heteroatoms. The van der Waals surface area contributed by atoms with E-state index in [2.05, 4.69) is 58.3 Å². The Balaban J connectivity index is 1.45. The molecule has 0 bridgehead atoms. The Morgan fingerprint density at radius 2 is 2.11 bits per heavy atom. The largest absolute Gasteiger partial charge is 0.362 e. The first kappa shape index (κ1) is 17.9. The van der Waals surface area contributed by atoms with E-state index in [0.29, 0.717) is 17.9 Å². The number of nitrogens with one attached hydrogen (secondary N) is 2. The number of aromatic amines is 1. The molecule has 0 radical (unpaired) electrons. The maximum atomic E-state index is 4.86. The zero-order valence-electron chi connectivity index (χ0n) is 16.4. The molecule has 0 amide bonds. The Kier molecular flexibility index (Phi) is 4.83. The van der Waals surface area contributed by atoms with Crippen molar-refractivity contribution in [2.75, 3.05) is 25.0 Å². The lowest BCUT2D eigenvalue weighted by Gasteiger charge is -2.26. The summed E-state index contributed by atoms with van der Waals surface area (Å²) in [5.74, 6) is 1.33. The number of rotatable bonds is 5. The fraction of sp³-hybridized carbons (Fsp3) is 0.476. The normalized spacial score (nSPS) is 18.3. The van der Waals surface area contributed by atoms with Gasteiger partial charge in [0.2, 0.25) is 0 Å². The van der Waals surface area contributed by atoms with Crippen LogP contribution in [0.4, 0.5) is 5.82 Å². The lowest BCUT2D eigenvalue weighted by atomic mass is 9.96. The molecule has 4 heterocycles. The van der Waals surface area contributed by atoms with E-state index in [1.165, 1.54) is 12.1 Å². The SMILES string of the molecule is CC(C)(C)CN1CC[C@H](c2ccc3c(NCc4ccccn4)n[nH]c3n2)C1. The van der Waals surface area contributed by atoms with Gasteiger partial charge in [-0.15, -0.1) is 0 Å². The van der Waals surface area contributed by atoms with Crippen LogP contribution in [0.1, 0.15) is 44.5 Å². The summed E-state index contributed by atoms with van der Waals surface area (Å²) < 4.78 is 0. The average Bonchev–Trinajstić information content (AvgIpc) is 3.26. The zero-order chi connectivity index (χ0) is 18.9. The maximum Gasteiger partial charge on any atom is 0.157 e. The van der Waals surface area contributed by atoms with Gasteiger partial charge in [-0.2, -0.15) is 5.10 Å². The summed E-state index contributed by atoms with van der Waals surface area (Å²) in [6, 6.07) is 10.2. The third-order valence-electron chi connectivity index (χ3n) is 5.00. The fourth-order valence-corrected chi connectivity index (χ4v) is 3.85. The first-order valence-corrected chi connectivity index (χ1v) is 9.69. The van der Waals surface area contributed by atoms with Crippen LogP contribution < -0.4 is 5.32 Å². The van der Waals surface area contributed by atoms with Gasteiger partial charge >= 0.3 is 0 Å². The van der Waals surface area contributed by atoms with Crippen molar-refractivity contribution in [3.05, 3.63) is 47.9 Å². The molecule has 1 aliphatic heterocycles. The molecular weight excluding hydrogens is 336 g/mol. The first-order valence-electron chi connectivity index (χ1n) is 9.69. The smallest absolute Gasteiger partial charge is 0.157 e. The van der Waals surface area contributed by atoms with Gasteiger partial charge in [-0.3, -0.25) is 10.1 Å². The van der Waals surface area contributed by atoms with E-state index >= 15 is 0 Å². The summed E-state index contributed by atoms with van der Waals surface area (Å²) in [5, 5.41) is 11.9. The predicted molar refractivity (Wildman–Crippen MR) is 109 cm³/mol. The molecule has 3 aromatic rings. The molecule has 2 N–H and O–H groups in total. The van der Waals surface area contributed by atoms with E-state index in [1.807, 2.05) is 18.2 Å². The van der Waals surface area contributed by atoms with Gasteiger partial charge in [-0.05, 0) is 42.6 Å². The van der Waals surface area contributed by atoms with Crippen molar-refractivity contribution in [2.45, 2.75) is 39.7 Å². The number of likely N-dealkylation sites (tertiary alicyclic amines) is 1. The van der Waals surface area contributed by atoms with E-state index in [9.17, 15) is 0 Å². The van der Waals surface area contributed by atoms with Crippen LogP contribution in [-0.4, -0.2) is 44.7 Å². The van der Waals surface area contributed by atoms with E-state index in [-0.39, 0.29) is 0 Å². The van der Waals surface area contributed by atoms with Crippen LogP contribution in [-0.2, 0) is 6.54 Å². The van der Waals surface area contributed by atoms with Crippen LogP contribution in [0.5, 0.6) is 0 Å². The monoisotopic (exact) mass is 364 g/mol. The highest BCUT2D eigenvalue weighted by Gasteiger charge is 2.28. The van der Waals surface area contributed by atoms with Gasteiger partial charge in [0, 0.05) is 30.9 Å². The van der Waals surface area contributed by atoms with Crippen molar-refractivity contribution in [2.24, 2.45) is 5.41 Å². The highest BCUT2D eigenvalue weighted by Crippen LogP contribution is 2.30. The quantitative estimate of drug-likeness (QED) is 0.721. The van der Waals surface area contributed by atoms with Crippen molar-refractivity contribution in [1.29, 1.82) is 0 Å². The third-order valence-corrected chi connectivity index (χ3v) is 5.00. The predicted octanol–water partition coefficient (Wildman–Crippen LogP) is 3.80. The number of pyridine rings is 2. The summed E-state index contributed by atoms with van der Waals surface area (Å²) in [6.45, 7) is 10.9. The van der Waals surface area contributed by atoms with Crippen LogP contribution in [0, 0.1) is 5.41 Å². The second kappa shape index (κ2) is 7.27. The molecule has 4 rings (SSSR count). The molecule has 1 aliphatic rings. The lowest BCUT2D eigenvalue weighted by Crippen LogP contribution is -2.30. The zero-order valence-corrected chi connectivity index (χ0v) is 16.4. The number of nitrogens with zero attached hydrogens (tertiary/aromatic N) is 4. The lowest BCUT2D eigenvalue weighted by molar-refractivity contribution is 0.225. The van der Waals surface area contributed by atoms with Crippen molar-refractivity contribution in [3.63, 3.8) is 0 Å². The molecule has 0 unspecified atom stereocenters. The van der Waals surface area contributed by atoms with Crippen LogP contribution in [0.25, 0.3) is 11.0 Å². The fourth-order valence-electron chi connectivity index (χ4n) is 3.85.